The van der Waals surface area contributed by atoms with E-state index in [0.29, 0.717) is 0 Å². The maximum Gasteiger partial charge on any atom is 0.00989 e. The van der Waals surface area contributed by atoms with Crippen molar-refractivity contribution in [1.29, 1.82) is 0 Å². The molecule has 1 aromatic carbocycles. The minimum atomic E-state index is 0.809. The van der Waals surface area contributed by atoms with Crippen molar-refractivity contribution >= 4 is 0 Å². The number of unbranched alkanes of at least 4 members (excludes halogenated alkanes) is 3. The summed E-state index contributed by atoms with van der Waals surface area (Å²) in [6.45, 7) is 11.2. The lowest BCUT2D eigenvalue weighted by molar-refractivity contribution is 0.688. The zero-order valence-electron chi connectivity index (χ0n) is 12.5. The van der Waals surface area contributed by atoms with Gasteiger partial charge in [-0.3, -0.25) is 0 Å². The first-order valence-corrected chi connectivity index (χ1v) is 6.96. The van der Waals surface area contributed by atoms with Crippen molar-refractivity contribution in [1.82, 2.24) is 0 Å². The summed E-state index contributed by atoms with van der Waals surface area (Å²) < 4.78 is 0. The van der Waals surface area contributed by atoms with E-state index in [-0.39, 0.29) is 0 Å². The largest absolute Gasteiger partial charge is 0.0891 e. The Morgan fingerprint density at radius 2 is 1.22 bits per heavy atom. The van der Waals surface area contributed by atoms with Crippen LogP contribution in [0.5, 0.6) is 0 Å². The molecule has 97 valence electrons. The van der Waals surface area contributed by atoms with E-state index in [4.69, 9.17) is 6.42 Å². The number of rotatable bonds is 5. The van der Waals surface area contributed by atoms with Crippen LogP contribution in [0.25, 0.3) is 0 Å². The van der Waals surface area contributed by atoms with Gasteiger partial charge in [0.1, 0.15) is 0 Å². The minimum absolute atomic E-state index is 0.809. The Hall–Kier alpha value is -1.22. The highest BCUT2D eigenvalue weighted by Crippen LogP contribution is 2.27. The van der Waals surface area contributed by atoms with E-state index in [1.165, 1.54) is 47.1 Å². The highest BCUT2D eigenvalue weighted by atomic mass is 14.2. The van der Waals surface area contributed by atoms with Crippen molar-refractivity contribution < 1.29 is 0 Å². The van der Waals surface area contributed by atoms with Crippen molar-refractivity contribution in [2.45, 2.75) is 66.7 Å². The molecule has 0 unspecified atom stereocenters. The van der Waals surface area contributed by atoms with Crippen LogP contribution >= 0.6 is 0 Å². The van der Waals surface area contributed by atoms with Gasteiger partial charge in [0, 0.05) is 6.42 Å². The summed E-state index contributed by atoms with van der Waals surface area (Å²) in [7, 11) is 0. The summed E-state index contributed by atoms with van der Waals surface area (Å²) in [5.41, 5.74) is 8.88. The van der Waals surface area contributed by atoms with Crippen LogP contribution in [0.3, 0.4) is 0 Å². The third-order valence-electron chi connectivity index (χ3n) is 4.38. The van der Waals surface area contributed by atoms with E-state index >= 15 is 0 Å². The second kappa shape index (κ2) is 6.64. The number of benzene rings is 1. The van der Waals surface area contributed by atoms with Crippen LogP contribution in [0.15, 0.2) is 0 Å². The van der Waals surface area contributed by atoms with Gasteiger partial charge in [-0.2, -0.15) is 0 Å². The Balaban J connectivity index is 2.80. The highest BCUT2D eigenvalue weighted by Gasteiger charge is 2.11. The molecular weight excluding hydrogens is 216 g/mol. The van der Waals surface area contributed by atoms with Gasteiger partial charge in [-0.1, -0.05) is 12.3 Å². The average Bonchev–Trinajstić information content (AvgIpc) is 2.37. The van der Waals surface area contributed by atoms with Gasteiger partial charge in [-0.15, -0.1) is 0 Å². The Kier molecular flexibility index (Phi) is 5.48. The third-order valence-corrected chi connectivity index (χ3v) is 4.38. The van der Waals surface area contributed by atoms with E-state index in [9.17, 15) is 0 Å². The predicted octanol–water partition coefficient (Wildman–Crippen LogP) is 4.92. The fourth-order valence-corrected chi connectivity index (χ4v) is 2.64. The molecule has 0 atom stereocenters. The maximum atomic E-state index is 6.90. The highest BCUT2D eigenvalue weighted by molar-refractivity contribution is 5.49. The van der Waals surface area contributed by atoms with Crippen molar-refractivity contribution in [3.63, 3.8) is 0 Å². The molecule has 0 heterocycles. The van der Waals surface area contributed by atoms with Crippen molar-refractivity contribution in [2.75, 3.05) is 0 Å². The molecule has 0 aliphatic rings. The van der Waals surface area contributed by atoms with Crippen LogP contribution in [0.1, 0.15) is 59.1 Å². The lowest BCUT2D eigenvalue weighted by Gasteiger charge is -2.18. The minimum Gasteiger partial charge on any atom is -0.0891 e. The molecule has 0 saturated heterocycles. The van der Waals surface area contributed by atoms with Gasteiger partial charge in [0.2, 0.25) is 0 Å². The van der Waals surface area contributed by atoms with E-state index in [1.54, 1.807) is 5.56 Å². The van der Waals surface area contributed by atoms with Crippen molar-refractivity contribution in [3.8, 4) is 5.92 Å². The van der Waals surface area contributed by atoms with Gasteiger partial charge in [-0.25, -0.2) is 0 Å². The van der Waals surface area contributed by atoms with Gasteiger partial charge in [0.25, 0.3) is 0 Å². The fourth-order valence-electron chi connectivity index (χ4n) is 2.64. The van der Waals surface area contributed by atoms with Gasteiger partial charge in [0.15, 0.2) is 0 Å². The summed E-state index contributed by atoms with van der Waals surface area (Å²) in [4.78, 5) is 0. The molecule has 0 saturated carbocycles. The Labute approximate surface area is 113 Å². The van der Waals surface area contributed by atoms with Gasteiger partial charge in [0.05, 0.1) is 0 Å². The Morgan fingerprint density at radius 1 is 0.722 bits per heavy atom. The molecule has 0 aliphatic heterocycles. The lowest BCUT2D eigenvalue weighted by Crippen LogP contribution is -2.03. The molecule has 0 heteroatoms. The summed E-state index contributed by atoms with van der Waals surface area (Å²) in [6, 6.07) is 0. The van der Waals surface area contributed by atoms with E-state index < -0.39 is 0 Å². The molecule has 0 aromatic heterocycles. The van der Waals surface area contributed by atoms with Crippen LogP contribution in [0, 0.1) is 47.0 Å². The van der Waals surface area contributed by atoms with Crippen LogP contribution < -0.4 is 0 Å². The van der Waals surface area contributed by atoms with Gasteiger partial charge in [-0.05, 0) is 93.7 Å². The molecule has 0 amide bonds. The average molecular weight is 241 g/mol. The molecule has 1 radical (unpaired) electrons. The van der Waals surface area contributed by atoms with Crippen LogP contribution in [0.4, 0.5) is 0 Å². The summed E-state index contributed by atoms with van der Waals surface area (Å²) >= 11 is 0. The molecule has 0 spiro atoms. The predicted molar refractivity (Wildman–Crippen MR) is 79.4 cm³/mol. The van der Waals surface area contributed by atoms with Crippen molar-refractivity contribution in [3.05, 3.63) is 39.8 Å². The SMILES string of the molecule is [C]#CCCCCCc1c(C)c(C)c(C)c(C)c1C. The smallest absolute Gasteiger partial charge is 0.00989 e. The molecule has 0 N–H and O–H groups in total. The van der Waals surface area contributed by atoms with Crippen molar-refractivity contribution in [2.24, 2.45) is 0 Å². The first-order valence-electron chi connectivity index (χ1n) is 6.96. The molecule has 0 aliphatic carbocycles. The molecular formula is C18H25. The summed E-state index contributed by atoms with van der Waals surface area (Å²) in [5.74, 6) is 2.46. The second-order valence-corrected chi connectivity index (χ2v) is 5.34. The van der Waals surface area contributed by atoms with Crippen LogP contribution in [-0.2, 0) is 6.42 Å². The first-order chi connectivity index (χ1) is 8.50. The number of hydrogen-bond donors (Lipinski definition) is 0. The van der Waals surface area contributed by atoms with Gasteiger partial charge < -0.3 is 0 Å². The normalized spacial score (nSPS) is 10.4. The molecule has 0 fully saturated rings. The molecule has 1 aromatic rings. The van der Waals surface area contributed by atoms with E-state index in [1.807, 2.05) is 0 Å². The lowest BCUT2D eigenvalue weighted by atomic mass is 9.87. The molecule has 0 bridgehead atoms. The Morgan fingerprint density at radius 3 is 1.72 bits per heavy atom. The summed E-state index contributed by atoms with van der Waals surface area (Å²) in [6.07, 6.45) is 12.4. The number of hydrogen-bond acceptors (Lipinski definition) is 0. The zero-order chi connectivity index (χ0) is 13.7. The van der Waals surface area contributed by atoms with Crippen LogP contribution in [0.2, 0.25) is 0 Å². The van der Waals surface area contributed by atoms with E-state index in [0.717, 1.165) is 12.8 Å². The second-order valence-electron chi connectivity index (χ2n) is 5.34. The molecule has 0 nitrogen and oxygen atoms in total. The fraction of sp³-hybridized carbons (Fsp3) is 0.556. The standard InChI is InChI=1S/C18H25/c1-7-8-9-10-11-12-18-16(5)14(3)13(2)15(4)17(18)6/h8-12H2,2-6H3. The van der Waals surface area contributed by atoms with Crippen LogP contribution in [-0.4, -0.2) is 0 Å². The molecule has 1 rings (SSSR count). The Bertz CT molecular complexity index is 429. The first kappa shape index (κ1) is 14.8. The summed E-state index contributed by atoms with van der Waals surface area (Å²) in [5, 5.41) is 0. The third kappa shape index (κ3) is 3.16. The zero-order valence-corrected chi connectivity index (χ0v) is 12.5. The van der Waals surface area contributed by atoms with Gasteiger partial charge >= 0.3 is 0 Å². The van der Waals surface area contributed by atoms with E-state index in [2.05, 4.69) is 40.5 Å². The molecule has 18 heavy (non-hydrogen) atoms. The quantitative estimate of drug-likeness (QED) is 0.507. The topological polar surface area (TPSA) is 0 Å². The monoisotopic (exact) mass is 241 g/mol. The maximum absolute atomic E-state index is 6.90.